The van der Waals surface area contributed by atoms with Crippen LogP contribution in [0.15, 0.2) is 47.6 Å². The molecule has 0 aliphatic carbocycles. The number of carbonyl (C=O) groups excluding carboxylic acids is 1. The van der Waals surface area contributed by atoms with Crippen LogP contribution in [0.2, 0.25) is 18.6 Å². The van der Waals surface area contributed by atoms with E-state index >= 15 is 0 Å². The van der Waals surface area contributed by atoms with Gasteiger partial charge >= 0.3 is 0 Å². The number of aliphatic hydroxyl groups excluding tert-OH is 1. The van der Waals surface area contributed by atoms with Crippen molar-refractivity contribution in [3.8, 4) is 0 Å². The first-order chi connectivity index (χ1) is 15.0. The average molecular weight is 458 g/mol. The van der Waals surface area contributed by atoms with Gasteiger partial charge in [0.2, 0.25) is 0 Å². The molecule has 0 aromatic heterocycles. The van der Waals surface area contributed by atoms with Gasteiger partial charge in [0.25, 0.3) is 5.91 Å². The first kappa shape index (κ1) is 24.9. The van der Waals surface area contributed by atoms with Crippen LogP contribution in [0.25, 0.3) is 0 Å². The zero-order chi connectivity index (χ0) is 23.7. The van der Waals surface area contributed by atoms with Gasteiger partial charge in [-0.2, -0.15) is 0 Å². The number of para-hydroxylation sites is 1. The molecule has 0 bridgehead atoms. The normalized spacial score (nSPS) is 27.9. The van der Waals surface area contributed by atoms with E-state index in [-0.39, 0.29) is 30.1 Å². The van der Waals surface area contributed by atoms with Crippen molar-refractivity contribution in [2.75, 3.05) is 18.1 Å². The van der Waals surface area contributed by atoms with Gasteiger partial charge < -0.3 is 19.5 Å². The fourth-order valence-corrected chi connectivity index (χ4v) is 8.15. The number of allylic oxidation sites excluding steroid dienone is 3. The second kappa shape index (κ2) is 9.63. The SMILES string of the molecule is CC(C)=CCC/C(C)=C/CN1C(=O)[C@@]2(O[C@@H](CCO)[C@H]([Si](C)(C)O)[C@H]2C)c2ccccc21. The lowest BCUT2D eigenvalue weighted by Crippen LogP contribution is -2.46. The Labute approximate surface area is 193 Å². The summed E-state index contributed by atoms with van der Waals surface area (Å²) in [6, 6.07) is 7.88. The molecule has 2 aliphatic heterocycles. The lowest BCUT2D eigenvalue weighted by atomic mass is 9.82. The summed E-state index contributed by atoms with van der Waals surface area (Å²) in [7, 11) is -2.64. The molecule has 32 heavy (non-hydrogen) atoms. The molecule has 0 unspecified atom stereocenters. The number of amides is 1. The summed E-state index contributed by atoms with van der Waals surface area (Å²) < 4.78 is 6.56. The minimum atomic E-state index is -2.64. The molecule has 6 heteroatoms. The molecule has 1 aromatic rings. The van der Waals surface area contributed by atoms with Crippen molar-refractivity contribution < 1.29 is 19.4 Å². The summed E-state index contributed by atoms with van der Waals surface area (Å²) >= 11 is 0. The number of aliphatic hydroxyl groups is 1. The maximum Gasteiger partial charge on any atom is 0.264 e. The first-order valence-electron chi connectivity index (χ1n) is 11.8. The van der Waals surface area contributed by atoms with Gasteiger partial charge in [-0.15, -0.1) is 0 Å². The lowest BCUT2D eigenvalue weighted by molar-refractivity contribution is -0.146. The Bertz CT molecular complexity index is 899. The van der Waals surface area contributed by atoms with Crippen LogP contribution < -0.4 is 4.90 Å². The van der Waals surface area contributed by atoms with Gasteiger partial charge in [-0.1, -0.05) is 48.4 Å². The number of nitrogens with zero attached hydrogens (tertiary/aromatic N) is 1. The van der Waals surface area contributed by atoms with Crippen molar-refractivity contribution in [3.63, 3.8) is 0 Å². The Kier molecular flexibility index (Phi) is 7.50. The van der Waals surface area contributed by atoms with Crippen LogP contribution in [0.3, 0.4) is 0 Å². The molecule has 4 atom stereocenters. The quantitative estimate of drug-likeness (QED) is 0.430. The molecule has 1 fully saturated rings. The highest BCUT2D eigenvalue weighted by Crippen LogP contribution is 2.59. The highest BCUT2D eigenvalue weighted by Gasteiger charge is 2.65. The van der Waals surface area contributed by atoms with E-state index in [1.54, 1.807) is 0 Å². The smallest absolute Gasteiger partial charge is 0.264 e. The topological polar surface area (TPSA) is 70.0 Å². The molecule has 5 nitrogen and oxygen atoms in total. The van der Waals surface area contributed by atoms with E-state index in [0.29, 0.717) is 13.0 Å². The van der Waals surface area contributed by atoms with Crippen molar-refractivity contribution in [3.05, 3.63) is 53.1 Å². The Hall–Kier alpha value is -1.73. The Morgan fingerprint density at radius 1 is 1.22 bits per heavy atom. The highest BCUT2D eigenvalue weighted by molar-refractivity contribution is 6.71. The fourth-order valence-electron chi connectivity index (χ4n) is 5.55. The van der Waals surface area contributed by atoms with Crippen molar-refractivity contribution >= 4 is 19.9 Å². The second-order valence-electron chi connectivity index (χ2n) is 10.2. The number of carbonyl (C=O) groups is 1. The molecule has 0 saturated carbocycles. The zero-order valence-electron chi connectivity index (χ0n) is 20.4. The van der Waals surface area contributed by atoms with Crippen LogP contribution in [-0.2, 0) is 15.1 Å². The summed E-state index contributed by atoms with van der Waals surface area (Å²) in [6.45, 7) is 12.6. The number of fused-ring (bicyclic) bond motifs is 2. The Morgan fingerprint density at radius 3 is 2.53 bits per heavy atom. The molecular formula is C26H39NO4Si. The van der Waals surface area contributed by atoms with Gasteiger partial charge in [-0.25, -0.2) is 0 Å². The van der Waals surface area contributed by atoms with Crippen molar-refractivity contribution in [2.45, 2.75) is 77.3 Å². The molecule has 2 N–H and O–H groups in total. The summed E-state index contributed by atoms with van der Waals surface area (Å²) in [5.41, 5.74) is 3.12. The molecule has 176 valence electrons. The minimum Gasteiger partial charge on any atom is -0.432 e. The maximum absolute atomic E-state index is 14.0. The van der Waals surface area contributed by atoms with Crippen LogP contribution in [0.1, 0.15) is 52.5 Å². The predicted molar refractivity (Wildman–Crippen MR) is 132 cm³/mol. The van der Waals surface area contributed by atoms with Crippen molar-refractivity contribution in [2.24, 2.45) is 5.92 Å². The second-order valence-corrected chi connectivity index (χ2v) is 14.1. The van der Waals surface area contributed by atoms with Gasteiger partial charge in [0.15, 0.2) is 13.9 Å². The molecule has 3 rings (SSSR count). The molecule has 0 radical (unpaired) electrons. The van der Waals surface area contributed by atoms with E-state index in [9.17, 15) is 14.7 Å². The van der Waals surface area contributed by atoms with Crippen LogP contribution >= 0.6 is 0 Å². The van der Waals surface area contributed by atoms with Crippen LogP contribution in [0.4, 0.5) is 5.69 Å². The standard InChI is InChI=1S/C26H39NO4Si/c1-18(2)10-9-11-19(3)14-16-27-22-13-8-7-12-21(22)26(25(27)29)20(4)24(32(5,6)30)23(31-26)15-17-28/h7-8,10,12-14,20,23-24,28,30H,9,11,15-17H2,1-6H3/b19-14+/t20-,23+,24-,26+/m1/s1. The number of hydrogen-bond donors (Lipinski definition) is 2. The minimum absolute atomic E-state index is 0.0262. The zero-order valence-corrected chi connectivity index (χ0v) is 21.4. The van der Waals surface area contributed by atoms with E-state index < -0.39 is 13.9 Å². The van der Waals surface area contributed by atoms with Gasteiger partial charge in [0.05, 0.1) is 11.8 Å². The molecule has 2 aliphatic rings. The van der Waals surface area contributed by atoms with Crippen molar-refractivity contribution in [1.29, 1.82) is 0 Å². The largest absolute Gasteiger partial charge is 0.432 e. The third kappa shape index (κ3) is 4.51. The van der Waals surface area contributed by atoms with Gasteiger partial charge in [0, 0.05) is 30.2 Å². The third-order valence-corrected chi connectivity index (χ3v) is 9.52. The Morgan fingerprint density at radius 2 is 1.91 bits per heavy atom. The number of ether oxygens (including phenoxy) is 1. The van der Waals surface area contributed by atoms with Gasteiger partial charge in [-0.05, 0) is 59.2 Å². The van der Waals surface area contributed by atoms with E-state index in [1.807, 2.05) is 49.2 Å². The molecule has 1 saturated heterocycles. The van der Waals surface area contributed by atoms with E-state index in [1.165, 1.54) is 11.1 Å². The summed E-state index contributed by atoms with van der Waals surface area (Å²) in [5, 5.41) is 9.64. The number of rotatable bonds is 8. The third-order valence-electron chi connectivity index (χ3n) is 7.02. The van der Waals surface area contributed by atoms with Crippen molar-refractivity contribution in [1.82, 2.24) is 0 Å². The fraction of sp³-hybridized carbons (Fsp3) is 0.577. The highest BCUT2D eigenvalue weighted by atomic mass is 28.4. The summed E-state index contributed by atoms with van der Waals surface area (Å²) in [5.74, 6) is -0.227. The Balaban J connectivity index is 1.94. The number of anilines is 1. The van der Waals surface area contributed by atoms with E-state index in [4.69, 9.17) is 4.74 Å². The molecular weight excluding hydrogens is 418 g/mol. The first-order valence-corrected chi connectivity index (χ1v) is 14.8. The molecule has 2 heterocycles. The number of hydrogen-bond acceptors (Lipinski definition) is 4. The average Bonchev–Trinajstić information content (AvgIpc) is 3.13. The maximum atomic E-state index is 14.0. The summed E-state index contributed by atoms with van der Waals surface area (Å²) in [6.07, 6.45) is 6.43. The van der Waals surface area contributed by atoms with Crippen LogP contribution in [-0.4, -0.2) is 43.4 Å². The van der Waals surface area contributed by atoms with Crippen LogP contribution in [0, 0.1) is 5.92 Å². The number of benzene rings is 1. The lowest BCUT2D eigenvalue weighted by Gasteiger charge is -2.32. The van der Waals surface area contributed by atoms with Crippen LogP contribution in [0.5, 0.6) is 0 Å². The molecule has 1 aromatic carbocycles. The van der Waals surface area contributed by atoms with E-state index in [0.717, 1.165) is 24.1 Å². The van der Waals surface area contributed by atoms with Gasteiger partial charge in [0.1, 0.15) is 0 Å². The van der Waals surface area contributed by atoms with E-state index in [2.05, 4.69) is 32.9 Å². The summed E-state index contributed by atoms with van der Waals surface area (Å²) in [4.78, 5) is 26.9. The monoisotopic (exact) mass is 457 g/mol. The predicted octanol–water partition coefficient (Wildman–Crippen LogP) is 4.91. The molecule has 1 spiro atoms. The van der Waals surface area contributed by atoms with Gasteiger partial charge in [-0.3, -0.25) is 4.79 Å². The molecule has 1 amide bonds.